The Bertz CT molecular complexity index is 760. The summed E-state index contributed by atoms with van der Waals surface area (Å²) < 4.78 is 5.23. The molecule has 0 spiro atoms. The van der Waals surface area contributed by atoms with Crippen molar-refractivity contribution in [3.05, 3.63) is 46.6 Å². The second kappa shape index (κ2) is 5.19. The summed E-state index contributed by atoms with van der Waals surface area (Å²) in [6.45, 7) is 0.433. The Balaban J connectivity index is 2.04. The van der Waals surface area contributed by atoms with Crippen LogP contribution in [0.1, 0.15) is 5.76 Å². The molecule has 0 bridgehead atoms. The number of hydrogen-bond donors (Lipinski definition) is 2. The molecule has 0 aliphatic rings. The minimum absolute atomic E-state index is 0.0390. The lowest BCUT2D eigenvalue weighted by molar-refractivity contribution is 0.480. The molecule has 0 radical (unpaired) electrons. The van der Waals surface area contributed by atoms with Crippen LogP contribution >= 0.6 is 23.2 Å². The van der Waals surface area contributed by atoms with Gasteiger partial charge in [0, 0.05) is 16.5 Å². The van der Waals surface area contributed by atoms with Crippen LogP contribution < -0.4 is 5.32 Å². The van der Waals surface area contributed by atoms with E-state index >= 15 is 0 Å². The Morgan fingerprint density at radius 3 is 2.85 bits per heavy atom. The number of fused-ring (bicyclic) bond motifs is 1. The second-order valence-corrected chi connectivity index (χ2v) is 4.87. The number of phenolic OH excluding ortho intramolecular Hbond substituents is 1. The molecule has 7 heteroatoms. The number of hydrogen-bond acceptors (Lipinski definition) is 5. The fourth-order valence-electron chi connectivity index (χ4n) is 1.87. The van der Waals surface area contributed by atoms with Crippen LogP contribution in [0.15, 0.2) is 34.9 Å². The predicted octanol–water partition coefficient (Wildman–Crippen LogP) is 3.85. The van der Waals surface area contributed by atoms with E-state index in [-0.39, 0.29) is 11.0 Å². The van der Waals surface area contributed by atoms with E-state index in [0.717, 1.165) is 5.76 Å². The first-order chi connectivity index (χ1) is 9.63. The highest BCUT2D eigenvalue weighted by Gasteiger charge is 2.11. The summed E-state index contributed by atoms with van der Waals surface area (Å²) in [6.07, 6.45) is 1.59. The molecule has 0 atom stereocenters. The van der Waals surface area contributed by atoms with Gasteiger partial charge in [0.05, 0.1) is 12.8 Å². The van der Waals surface area contributed by atoms with Crippen LogP contribution in [0.25, 0.3) is 10.9 Å². The van der Waals surface area contributed by atoms with E-state index in [9.17, 15) is 5.11 Å². The Labute approximate surface area is 124 Å². The third-order valence-electron chi connectivity index (χ3n) is 2.73. The molecule has 0 saturated carbocycles. The first-order valence-corrected chi connectivity index (χ1v) is 6.51. The number of rotatable bonds is 3. The van der Waals surface area contributed by atoms with Crippen LogP contribution in [-0.4, -0.2) is 15.1 Å². The van der Waals surface area contributed by atoms with Gasteiger partial charge in [-0.25, -0.2) is 9.97 Å². The van der Waals surface area contributed by atoms with Gasteiger partial charge in [0.15, 0.2) is 0 Å². The van der Waals surface area contributed by atoms with Gasteiger partial charge in [0.2, 0.25) is 5.28 Å². The quantitative estimate of drug-likeness (QED) is 0.719. The average molecular weight is 310 g/mol. The number of nitrogens with one attached hydrogen (secondary N) is 1. The van der Waals surface area contributed by atoms with Crippen molar-refractivity contribution in [3.63, 3.8) is 0 Å². The zero-order chi connectivity index (χ0) is 14.1. The Kier molecular flexibility index (Phi) is 3.38. The van der Waals surface area contributed by atoms with Crippen LogP contribution in [0.4, 0.5) is 5.82 Å². The summed E-state index contributed by atoms with van der Waals surface area (Å²) >= 11 is 11.8. The number of halogens is 2. The van der Waals surface area contributed by atoms with E-state index in [1.807, 2.05) is 6.07 Å². The number of aromatic nitrogens is 2. The molecule has 0 unspecified atom stereocenters. The van der Waals surface area contributed by atoms with E-state index in [1.54, 1.807) is 18.4 Å². The summed E-state index contributed by atoms with van der Waals surface area (Å²) in [4.78, 5) is 8.12. The molecule has 2 aromatic heterocycles. The minimum Gasteiger partial charge on any atom is -0.506 e. The van der Waals surface area contributed by atoms with Gasteiger partial charge in [-0.1, -0.05) is 11.6 Å². The summed E-state index contributed by atoms with van der Waals surface area (Å²) in [6, 6.07) is 6.70. The monoisotopic (exact) mass is 309 g/mol. The summed E-state index contributed by atoms with van der Waals surface area (Å²) in [5, 5.41) is 14.0. The van der Waals surface area contributed by atoms with Crippen LogP contribution in [0.2, 0.25) is 10.3 Å². The highest BCUT2D eigenvalue weighted by Crippen LogP contribution is 2.32. The molecule has 20 heavy (non-hydrogen) atoms. The molecule has 0 fully saturated rings. The molecule has 2 N–H and O–H groups in total. The largest absolute Gasteiger partial charge is 0.506 e. The van der Waals surface area contributed by atoms with Gasteiger partial charge in [-0.15, -0.1) is 0 Å². The van der Waals surface area contributed by atoms with Crippen molar-refractivity contribution in [2.45, 2.75) is 6.54 Å². The molecule has 0 amide bonds. The van der Waals surface area contributed by atoms with E-state index in [2.05, 4.69) is 15.3 Å². The molecule has 5 nitrogen and oxygen atoms in total. The number of furan rings is 1. The maximum atomic E-state index is 9.87. The molecule has 0 saturated heterocycles. The Morgan fingerprint density at radius 2 is 2.10 bits per heavy atom. The third kappa shape index (κ3) is 2.50. The maximum Gasteiger partial charge on any atom is 0.225 e. The third-order valence-corrected chi connectivity index (χ3v) is 3.12. The van der Waals surface area contributed by atoms with Gasteiger partial charge in [0.1, 0.15) is 22.8 Å². The standard InChI is InChI=1S/C13H9Cl2N3O2/c14-7-4-9-11(10(19)5-7)17-13(15)18-12(9)16-6-8-2-1-3-20-8/h1-5,19H,6H2,(H,16,17,18). The first kappa shape index (κ1) is 13.0. The summed E-state index contributed by atoms with van der Waals surface area (Å²) in [5.41, 5.74) is 0.344. The van der Waals surface area contributed by atoms with Gasteiger partial charge >= 0.3 is 0 Å². The molecular formula is C13H9Cl2N3O2. The van der Waals surface area contributed by atoms with Gasteiger partial charge in [-0.3, -0.25) is 0 Å². The second-order valence-electron chi connectivity index (χ2n) is 4.10. The van der Waals surface area contributed by atoms with E-state index in [1.165, 1.54) is 6.07 Å². The van der Waals surface area contributed by atoms with Crippen molar-refractivity contribution < 1.29 is 9.52 Å². The molecular weight excluding hydrogens is 301 g/mol. The number of anilines is 1. The van der Waals surface area contributed by atoms with Crippen molar-refractivity contribution in [2.75, 3.05) is 5.32 Å². The van der Waals surface area contributed by atoms with Gasteiger partial charge < -0.3 is 14.8 Å². The molecule has 2 heterocycles. The summed E-state index contributed by atoms with van der Waals surface area (Å²) in [5.74, 6) is 1.19. The van der Waals surface area contributed by atoms with E-state index in [4.69, 9.17) is 27.6 Å². The van der Waals surface area contributed by atoms with Gasteiger partial charge in [-0.05, 0) is 29.8 Å². The first-order valence-electron chi connectivity index (χ1n) is 5.75. The smallest absolute Gasteiger partial charge is 0.225 e. The molecule has 1 aromatic carbocycles. The predicted molar refractivity (Wildman–Crippen MR) is 77.3 cm³/mol. The highest BCUT2D eigenvalue weighted by atomic mass is 35.5. The lowest BCUT2D eigenvalue weighted by Crippen LogP contribution is -2.02. The fourth-order valence-corrected chi connectivity index (χ4v) is 2.25. The maximum absolute atomic E-state index is 9.87. The lowest BCUT2D eigenvalue weighted by atomic mass is 10.2. The van der Waals surface area contributed by atoms with E-state index in [0.29, 0.717) is 28.3 Å². The number of phenols is 1. The van der Waals surface area contributed by atoms with Crippen LogP contribution in [0, 0.1) is 0 Å². The number of benzene rings is 1. The zero-order valence-corrected chi connectivity index (χ0v) is 11.6. The van der Waals surface area contributed by atoms with Crippen LogP contribution in [0.3, 0.4) is 0 Å². The van der Waals surface area contributed by atoms with Crippen molar-refractivity contribution in [1.29, 1.82) is 0 Å². The topological polar surface area (TPSA) is 71.2 Å². The van der Waals surface area contributed by atoms with Crippen molar-refractivity contribution in [2.24, 2.45) is 0 Å². The molecule has 3 rings (SSSR count). The highest BCUT2D eigenvalue weighted by molar-refractivity contribution is 6.32. The average Bonchev–Trinajstić information content (AvgIpc) is 2.90. The lowest BCUT2D eigenvalue weighted by Gasteiger charge is -2.09. The normalized spacial score (nSPS) is 10.9. The Hall–Kier alpha value is -1.98. The van der Waals surface area contributed by atoms with Gasteiger partial charge in [-0.2, -0.15) is 0 Å². The van der Waals surface area contributed by atoms with E-state index < -0.39 is 0 Å². The molecule has 3 aromatic rings. The van der Waals surface area contributed by atoms with Crippen LogP contribution in [0.5, 0.6) is 5.75 Å². The summed E-state index contributed by atoms with van der Waals surface area (Å²) in [7, 11) is 0. The SMILES string of the molecule is Oc1cc(Cl)cc2c(NCc3ccco3)nc(Cl)nc12. The number of nitrogens with zero attached hydrogens (tertiary/aromatic N) is 2. The fraction of sp³-hybridized carbons (Fsp3) is 0.0769. The minimum atomic E-state index is -0.0437. The van der Waals surface area contributed by atoms with Crippen molar-refractivity contribution in [1.82, 2.24) is 9.97 Å². The molecule has 0 aliphatic heterocycles. The van der Waals surface area contributed by atoms with Crippen LogP contribution in [-0.2, 0) is 6.54 Å². The number of aromatic hydroxyl groups is 1. The molecule has 0 aliphatic carbocycles. The molecule has 102 valence electrons. The Morgan fingerprint density at radius 1 is 1.25 bits per heavy atom. The van der Waals surface area contributed by atoms with Crippen molar-refractivity contribution in [3.8, 4) is 5.75 Å². The zero-order valence-electron chi connectivity index (χ0n) is 10.1. The van der Waals surface area contributed by atoms with Gasteiger partial charge in [0.25, 0.3) is 0 Å². The van der Waals surface area contributed by atoms with Crippen molar-refractivity contribution >= 4 is 39.9 Å².